The molecule has 0 aromatic heterocycles. The highest BCUT2D eigenvalue weighted by Gasteiger charge is 2.33. The Labute approximate surface area is 159 Å². The zero-order valence-electron chi connectivity index (χ0n) is 15.4. The summed E-state index contributed by atoms with van der Waals surface area (Å²) in [5.41, 5.74) is 1.77. The fraction of sp³-hybridized carbons (Fsp3) is 0.333. The lowest BCUT2D eigenvalue weighted by Gasteiger charge is -2.33. The van der Waals surface area contributed by atoms with Crippen molar-refractivity contribution in [3.8, 4) is 5.75 Å². The van der Waals surface area contributed by atoms with Crippen molar-refractivity contribution in [1.82, 2.24) is 4.90 Å². The smallest absolute Gasteiger partial charge is 0.323 e. The topological polar surface area (TPSA) is 67.9 Å². The van der Waals surface area contributed by atoms with Crippen LogP contribution in [-0.4, -0.2) is 42.6 Å². The molecule has 1 saturated heterocycles. The molecule has 1 aliphatic heterocycles. The summed E-state index contributed by atoms with van der Waals surface area (Å²) in [7, 11) is 0. The second-order valence-electron chi connectivity index (χ2n) is 6.35. The second kappa shape index (κ2) is 9.19. The van der Waals surface area contributed by atoms with E-state index in [0.717, 1.165) is 11.3 Å². The van der Waals surface area contributed by atoms with Gasteiger partial charge in [-0.15, -0.1) is 0 Å². The molecular formula is C21H24N2O4. The minimum Gasteiger partial charge on any atom is -0.494 e. The lowest BCUT2D eigenvalue weighted by molar-refractivity contribution is -0.159. The molecule has 1 N–H and O–H groups in total. The molecule has 142 valence electrons. The zero-order valence-corrected chi connectivity index (χ0v) is 15.4. The Morgan fingerprint density at radius 1 is 1.19 bits per heavy atom. The monoisotopic (exact) mass is 368 g/mol. The third-order valence-corrected chi connectivity index (χ3v) is 4.39. The number of ether oxygens (including phenoxy) is 2. The Morgan fingerprint density at radius 3 is 2.63 bits per heavy atom. The van der Waals surface area contributed by atoms with Gasteiger partial charge in [0.05, 0.1) is 13.0 Å². The van der Waals surface area contributed by atoms with Crippen molar-refractivity contribution in [2.75, 3.05) is 25.1 Å². The van der Waals surface area contributed by atoms with Crippen LogP contribution in [0, 0.1) is 0 Å². The Bertz CT molecular complexity index is 762. The van der Waals surface area contributed by atoms with Gasteiger partial charge in [-0.05, 0) is 36.8 Å². The first-order valence-electron chi connectivity index (χ1n) is 9.13. The van der Waals surface area contributed by atoms with E-state index in [1.54, 1.807) is 24.3 Å². The normalized spacial score (nSPS) is 17.2. The Hall–Kier alpha value is -2.86. The first-order valence-corrected chi connectivity index (χ1v) is 9.13. The largest absolute Gasteiger partial charge is 0.494 e. The minimum atomic E-state index is -0.582. The third-order valence-electron chi connectivity index (χ3n) is 4.39. The molecule has 1 aliphatic rings. The maximum absolute atomic E-state index is 12.5. The minimum absolute atomic E-state index is 0.0544. The highest BCUT2D eigenvalue weighted by molar-refractivity contribution is 5.94. The summed E-state index contributed by atoms with van der Waals surface area (Å²) in [6.45, 7) is 4.08. The molecule has 2 aromatic rings. The average molecular weight is 368 g/mol. The van der Waals surface area contributed by atoms with Gasteiger partial charge in [0.2, 0.25) is 5.91 Å². The number of anilines is 1. The fourth-order valence-corrected chi connectivity index (χ4v) is 3.07. The molecule has 0 aliphatic carbocycles. The van der Waals surface area contributed by atoms with Crippen molar-refractivity contribution in [3.05, 3.63) is 60.2 Å². The molecule has 0 saturated carbocycles. The molecule has 1 atom stereocenters. The third kappa shape index (κ3) is 5.31. The average Bonchev–Trinajstić information content (AvgIpc) is 2.67. The van der Waals surface area contributed by atoms with Gasteiger partial charge in [-0.3, -0.25) is 14.5 Å². The van der Waals surface area contributed by atoms with Crippen LogP contribution in [0.5, 0.6) is 5.75 Å². The van der Waals surface area contributed by atoms with Crippen LogP contribution < -0.4 is 10.1 Å². The lowest BCUT2D eigenvalue weighted by atomic mass is 10.1. The van der Waals surface area contributed by atoms with Gasteiger partial charge in [-0.1, -0.05) is 30.3 Å². The maximum Gasteiger partial charge on any atom is 0.323 e. The van der Waals surface area contributed by atoms with Crippen molar-refractivity contribution in [2.24, 2.45) is 0 Å². The lowest BCUT2D eigenvalue weighted by Crippen LogP contribution is -2.49. The van der Waals surface area contributed by atoms with E-state index in [2.05, 4.69) is 5.32 Å². The molecule has 6 heteroatoms. The standard InChI is InChI=1S/C21H24N2O4/c1-2-26-18-10-8-17(9-11-18)22-20(24)14-19-21(25)27-13-12-23(19)15-16-6-4-3-5-7-16/h3-11,19H,2,12-15H2,1H3,(H,22,24)/t19-/m1/s1. The Kier molecular flexibility index (Phi) is 6.44. The molecular weight excluding hydrogens is 344 g/mol. The number of nitrogens with one attached hydrogen (secondary N) is 1. The van der Waals surface area contributed by atoms with Gasteiger partial charge in [-0.25, -0.2) is 0 Å². The number of benzene rings is 2. The van der Waals surface area contributed by atoms with E-state index in [4.69, 9.17) is 9.47 Å². The van der Waals surface area contributed by atoms with Crippen LogP contribution in [0.15, 0.2) is 54.6 Å². The molecule has 0 radical (unpaired) electrons. The van der Waals surface area contributed by atoms with Crippen molar-refractivity contribution in [1.29, 1.82) is 0 Å². The quantitative estimate of drug-likeness (QED) is 0.761. The number of carbonyl (C=O) groups is 2. The number of morpholine rings is 1. The number of esters is 1. The zero-order chi connectivity index (χ0) is 19.1. The summed E-state index contributed by atoms with van der Waals surface area (Å²) in [4.78, 5) is 26.7. The predicted molar refractivity (Wildman–Crippen MR) is 102 cm³/mol. The van der Waals surface area contributed by atoms with Gasteiger partial charge in [0.25, 0.3) is 0 Å². The van der Waals surface area contributed by atoms with E-state index in [1.807, 2.05) is 42.2 Å². The fourth-order valence-electron chi connectivity index (χ4n) is 3.07. The summed E-state index contributed by atoms with van der Waals surface area (Å²) < 4.78 is 10.6. The summed E-state index contributed by atoms with van der Waals surface area (Å²) in [5, 5.41) is 2.83. The van der Waals surface area contributed by atoms with Crippen LogP contribution in [-0.2, 0) is 20.9 Å². The number of nitrogens with zero attached hydrogens (tertiary/aromatic N) is 1. The number of amides is 1. The molecule has 3 rings (SSSR count). The van der Waals surface area contributed by atoms with E-state index in [-0.39, 0.29) is 18.3 Å². The van der Waals surface area contributed by atoms with Crippen LogP contribution in [0.3, 0.4) is 0 Å². The van der Waals surface area contributed by atoms with Crippen molar-refractivity contribution in [3.63, 3.8) is 0 Å². The van der Waals surface area contributed by atoms with E-state index < -0.39 is 6.04 Å². The second-order valence-corrected chi connectivity index (χ2v) is 6.35. The van der Waals surface area contributed by atoms with E-state index in [9.17, 15) is 9.59 Å². The molecule has 1 heterocycles. The highest BCUT2D eigenvalue weighted by Crippen LogP contribution is 2.19. The van der Waals surface area contributed by atoms with Gasteiger partial charge < -0.3 is 14.8 Å². The van der Waals surface area contributed by atoms with Gasteiger partial charge in [-0.2, -0.15) is 0 Å². The first-order chi connectivity index (χ1) is 13.2. The van der Waals surface area contributed by atoms with Crippen LogP contribution >= 0.6 is 0 Å². The van der Waals surface area contributed by atoms with Gasteiger partial charge in [0.15, 0.2) is 0 Å². The molecule has 6 nitrogen and oxygen atoms in total. The SMILES string of the molecule is CCOc1ccc(NC(=O)C[C@@H]2C(=O)OCCN2Cc2ccccc2)cc1. The Balaban J connectivity index is 1.61. The maximum atomic E-state index is 12.5. The predicted octanol–water partition coefficient (Wildman–Crippen LogP) is 2.84. The molecule has 1 fully saturated rings. The molecule has 1 amide bonds. The highest BCUT2D eigenvalue weighted by atomic mass is 16.5. The Morgan fingerprint density at radius 2 is 1.93 bits per heavy atom. The first kappa shape index (κ1) is 18.9. The van der Waals surface area contributed by atoms with Crippen LogP contribution in [0.1, 0.15) is 18.9 Å². The van der Waals surface area contributed by atoms with Gasteiger partial charge in [0.1, 0.15) is 18.4 Å². The number of rotatable bonds is 7. The van der Waals surface area contributed by atoms with Gasteiger partial charge in [0, 0.05) is 18.8 Å². The molecule has 0 bridgehead atoms. The number of hydrogen-bond acceptors (Lipinski definition) is 5. The van der Waals surface area contributed by atoms with Gasteiger partial charge >= 0.3 is 5.97 Å². The summed E-state index contributed by atoms with van der Waals surface area (Å²) >= 11 is 0. The summed E-state index contributed by atoms with van der Waals surface area (Å²) in [5.74, 6) is 0.181. The van der Waals surface area contributed by atoms with Crippen molar-refractivity contribution >= 4 is 17.6 Å². The number of carbonyl (C=O) groups excluding carboxylic acids is 2. The van der Waals surface area contributed by atoms with Crippen LogP contribution in [0.4, 0.5) is 5.69 Å². The van der Waals surface area contributed by atoms with Crippen molar-refractivity contribution in [2.45, 2.75) is 25.9 Å². The molecule has 2 aromatic carbocycles. The van der Waals surface area contributed by atoms with E-state index in [0.29, 0.717) is 32.0 Å². The van der Waals surface area contributed by atoms with Crippen molar-refractivity contribution < 1.29 is 19.1 Å². The van der Waals surface area contributed by atoms with Crippen LogP contribution in [0.25, 0.3) is 0 Å². The molecule has 27 heavy (non-hydrogen) atoms. The van der Waals surface area contributed by atoms with E-state index >= 15 is 0 Å². The molecule has 0 spiro atoms. The van der Waals surface area contributed by atoms with Crippen LogP contribution in [0.2, 0.25) is 0 Å². The number of cyclic esters (lactones) is 1. The van der Waals surface area contributed by atoms with E-state index in [1.165, 1.54) is 0 Å². The summed E-state index contributed by atoms with van der Waals surface area (Å²) in [6.07, 6.45) is 0.0544. The number of hydrogen-bond donors (Lipinski definition) is 1. The summed E-state index contributed by atoms with van der Waals surface area (Å²) in [6, 6.07) is 16.5. The molecule has 0 unspecified atom stereocenters.